The van der Waals surface area contributed by atoms with Gasteiger partial charge in [-0.05, 0) is 30.4 Å². The number of benzene rings is 1. The van der Waals surface area contributed by atoms with Gasteiger partial charge >= 0.3 is 0 Å². The number of hydrogen-bond acceptors (Lipinski definition) is 4. The van der Waals surface area contributed by atoms with Gasteiger partial charge in [-0.3, -0.25) is 4.79 Å². The van der Waals surface area contributed by atoms with E-state index in [0.29, 0.717) is 35.4 Å². The Morgan fingerprint density at radius 1 is 1.22 bits per heavy atom. The van der Waals surface area contributed by atoms with Crippen LogP contribution in [0.5, 0.6) is 11.5 Å². The molecule has 2 atom stereocenters. The van der Waals surface area contributed by atoms with Crippen molar-refractivity contribution in [2.75, 3.05) is 39.2 Å². The molecule has 1 aromatic rings. The first kappa shape index (κ1) is 17.6. The zero-order valence-corrected chi connectivity index (χ0v) is 14.6. The zero-order chi connectivity index (χ0) is 16.8. The molecule has 1 aromatic carbocycles. The Balaban J connectivity index is 1.87. The monoisotopic (exact) mass is 320 g/mol. The van der Waals surface area contributed by atoms with Crippen LogP contribution in [0.2, 0.25) is 0 Å². The van der Waals surface area contributed by atoms with E-state index >= 15 is 0 Å². The molecule has 1 heterocycles. The SMILES string of the molecule is COc1ccc(NC(=O)CCN2C[C@H](C)C[C@H](C)C2)c(OC)c1. The number of ether oxygens (including phenoxy) is 2. The number of carbonyl (C=O) groups is 1. The molecule has 1 amide bonds. The molecule has 0 radical (unpaired) electrons. The summed E-state index contributed by atoms with van der Waals surface area (Å²) in [5, 5.41) is 2.93. The molecule has 0 spiro atoms. The number of amides is 1. The molecule has 1 fully saturated rings. The summed E-state index contributed by atoms with van der Waals surface area (Å²) in [5.74, 6) is 2.75. The molecule has 1 saturated heterocycles. The van der Waals surface area contributed by atoms with E-state index in [1.54, 1.807) is 26.4 Å². The number of piperidine rings is 1. The van der Waals surface area contributed by atoms with Crippen LogP contribution >= 0.6 is 0 Å². The van der Waals surface area contributed by atoms with Gasteiger partial charge in [0.15, 0.2) is 0 Å². The van der Waals surface area contributed by atoms with Gasteiger partial charge in [0.2, 0.25) is 5.91 Å². The average molecular weight is 320 g/mol. The van der Waals surface area contributed by atoms with Gasteiger partial charge in [-0.2, -0.15) is 0 Å². The lowest BCUT2D eigenvalue weighted by Crippen LogP contribution is -2.40. The van der Waals surface area contributed by atoms with Crippen LogP contribution < -0.4 is 14.8 Å². The van der Waals surface area contributed by atoms with E-state index in [2.05, 4.69) is 24.1 Å². The van der Waals surface area contributed by atoms with E-state index in [-0.39, 0.29) is 5.91 Å². The van der Waals surface area contributed by atoms with Crippen LogP contribution in [0, 0.1) is 11.8 Å². The molecule has 0 unspecified atom stereocenters. The summed E-state index contributed by atoms with van der Waals surface area (Å²) in [6.07, 6.45) is 1.78. The van der Waals surface area contributed by atoms with Crippen LogP contribution in [0.25, 0.3) is 0 Å². The molecule has 5 heteroatoms. The van der Waals surface area contributed by atoms with E-state index in [0.717, 1.165) is 19.6 Å². The Morgan fingerprint density at radius 2 is 1.91 bits per heavy atom. The molecule has 0 saturated carbocycles. The maximum Gasteiger partial charge on any atom is 0.225 e. The van der Waals surface area contributed by atoms with Crippen LogP contribution in [0.15, 0.2) is 18.2 Å². The number of carbonyl (C=O) groups excluding carboxylic acids is 1. The lowest BCUT2D eigenvalue weighted by molar-refractivity contribution is -0.116. The Hall–Kier alpha value is -1.75. The largest absolute Gasteiger partial charge is 0.497 e. The van der Waals surface area contributed by atoms with E-state index in [9.17, 15) is 4.79 Å². The number of likely N-dealkylation sites (tertiary alicyclic amines) is 1. The first-order valence-corrected chi connectivity index (χ1v) is 8.26. The van der Waals surface area contributed by atoms with E-state index < -0.39 is 0 Å². The minimum absolute atomic E-state index is 0.0133. The van der Waals surface area contributed by atoms with Gasteiger partial charge in [0.1, 0.15) is 11.5 Å². The highest BCUT2D eigenvalue weighted by Gasteiger charge is 2.22. The third-order valence-electron chi connectivity index (χ3n) is 4.28. The number of nitrogens with one attached hydrogen (secondary N) is 1. The van der Waals surface area contributed by atoms with Crippen molar-refractivity contribution in [2.24, 2.45) is 11.8 Å². The summed E-state index contributed by atoms with van der Waals surface area (Å²) in [5.41, 5.74) is 0.679. The average Bonchev–Trinajstić information content (AvgIpc) is 2.52. The Kier molecular flexibility index (Phi) is 6.28. The Morgan fingerprint density at radius 3 is 2.52 bits per heavy atom. The first-order chi connectivity index (χ1) is 11.0. The topological polar surface area (TPSA) is 50.8 Å². The fourth-order valence-corrected chi connectivity index (χ4v) is 3.35. The van der Waals surface area contributed by atoms with Crippen molar-refractivity contribution in [2.45, 2.75) is 26.7 Å². The van der Waals surface area contributed by atoms with Crippen molar-refractivity contribution >= 4 is 11.6 Å². The van der Waals surface area contributed by atoms with Gasteiger partial charge in [0, 0.05) is 32.1 Å². The van der Waals surface area contributed by atoms with Crippen LogP contribution in [-0.4, -0.2) is 44.7 Å². The fourth-order valence-electron chi connectivity index (χ4n) is 3.35. The number of rotatable bonds is 6. The number of anilines is 1. The minimum Gasteiger partial charge on any atom is -0.497 e. The quantitative estimate of drug-likeness (QED) is 0.875. The summed E-state index contributed by atoms with van der Waals surface area (Å²) in [4.78, 5) is 14.6. The van der Waals surface area contributed by atoms with Crippen molar-refractivity contribution in [1.82, 2.24) is 4.90 Å². The standard InChI is InChI=1S/C18H28N2O3/c1-13-9-14(2)12-20(11-13)8-7-18(21)19-16-6-5-15(22-3)10-17(16)23-4/h5-6,10,13-14H,7-9,11-12H2,1-4H3,(H,19,21)/t13-,14+. The van der Waals surface area contributed by atoms with Crippen molar-refractivity contribution < 1.29 is 14.3 Å². The molecular weight excluding hydrogens is 292 g/mol. The first-order valence-electron chi connectivity index (χ1n) is 8.26. The maximum atomic E-state index is 12.2. The van der Waals surface area contributed by atoms with Gasteiger partial charge in [0.25, 0.3) is 0 Å². The highest BCUT2D eigenvalue weighted by atomic mass is 16.5. The predicted octanol–water partition coefficient (Wildman–Crippen LogP) is 3.01. The number of methoxy groups -OCH3 is 2. The van der Waals surface area contributed by atoms with Crippen LogP contribution in [0.1, 0.15) is 26.7 Å². The molecular formula is C18H28N2O3. The van der Waals surface area contributed by atoms with Gasteiger partial charge in [-0.15, -0.1) is 0 Å². The minimum atomic E-state index is 0.0133. The molecule has 5 nitrogen and oxygen atoms in total. The van der Waals surface area contributed by atoms with Crippen molar-refractivity contribution in [3.63, 3.8) is 0 Å². The lowest BCUT2D eigenvalue weighted by atomic mass is 9.92. The van der Waals surface area contributed by atoms with Gasteiger partial charge in [0.05, 0.1) is 19.9 Å². The maximum absolute atomic E-state index is 12.2. The molecule has 128 valence electrons. The van der Waals surface area contributed by atoms with Crippen molar-refractivity contribution in [1.29, 1.82) is 0 Å². The molecule has 2 rings (SSSR count). The van der Waals surface area contributed by atoms with Gasteiger partial charge in [-0.25, -0.2) is 0 Å². The Bertz CT molecular complexity index is 523. The summed E-state index contributed by atoms with van der Waals surface area (Å²) in [7, 11) is 3.19. The van der Waals surface area contributed by atoms with E-state index in [1.165, 1.54) is 6.42 Å². The zero-order valence-electron chi connectivity index (χ0n) is 14.6. The van der Waals surface area contributed by atoms with Crippen LogP contribution in [-0.2, 0) is 4.79 Å². The van der Waals surface area contributed by atoms with Gasteiger partial charge in [-0.1, -0.05) is 13.8 Å². The lowest BCUT2D eigenvalue weighted by Gasteiger charge is -2.34. The highest BCUT2D eigenvalue weighted by molar-refractivity contribution is 5.92. The summed E-state index contributed by atoms with van der Waals surface area (Å²) in [6, 6.07) is 5.39. The smallest absolute Gasteiger partial charge is 0.225 e. The summed E-state index contributed by atoms with van der Waals surface area (Å²) >= 11 is 0. The van der Waals surface area contributed by atoms with E-state index in [4.69, 9.17) is 9.47 Å². The second-order valence-corrected chi connectivity index (χ2v) is 6.57. The van der Waals surface area contributed by atoms with Crippen LogP contribution in [0.3, 0.4) is 0 Å². The second-order valence-electron chi connectivity index (χ2n) is 6.57. The fraction of sp³-hybridized carbons (Fsp3) is 0.611. The Labute approximate surface area is 139 Å². The van der Waals surface area contributed by atoms with Gasteiger partial charge < -0.3 is 19.7 Å². The number of hydrogen-bond donors (Lipinski definition) is 1. The number of nitrogens with zero attached hydrogens (tertiary/aromatic N) is 1. The summed E-state index contributed by atoms with van der Waals surface area (Å²) in [6.45, 7) is 7.54. The predicted molar refractivity (Wildman–Crippen MR) is 92.2 cm³/mol. The molecule has 1 N–H and O–H groups in total. The molecule has 0 aliphatic carbocycles. The second kappa shape index (κ2) is 8.20. The van der Waals surface area contributed by atoms with Crippen LogP contribution in [0.4, 0.5) is 5.69 Å². The van der Waals surface area contributed by atoms with Crippen molar-refractivity contribution in [3.8, 4) is 11.5 Å². The third kappa shape index (κ3) is 5.13. The molecule has 1 aliphatic heterocycles. The third-order valence-corrected chi connectivity index (χ3v) is 4.28. The molecule has 1 aliphatic rings. The molecule has 0 bridgehead atoms. The molecule has 23 heavy (non-hydrogen) atoms. The molecule has 0 aromatic heterocycles. The van der Waals surface area contributed by atoms with Crippen molar-refractivity contribution in [3.05, 3.63) is 18.2 Å². The highest BCUT2D eigenvalue weighted by Crippen LogP contribution is 2.29. The van der Waals surface area contributed by atoms with E-state index in [1.807, 2.05) is 6.07 Å². The normalized spacial score (nSPS) is 21.7. The summed E-state index contributed by atoms with van der Waals surface area (Å²) < 4.78 is 10.5.